The van der Waals surface area contributed by atoms with Crippen LogP contribution in [0.15, 0.2) is 41.5 Å². The van der Waals surface area contributed by atoms with Crippen LogP contribution in [0.3, 0.4) is 0 Å². The number of benzene rings is 1. The molecule has 1 aliphatic heterocycles. The van der Waals surface area contributed by atoms with Crippen molar-refractivity contribution in [3.8, 4) is 5.69 Å². The first-order chi connectivity index (χ1) is 14.3. The van der Waals surface area contributed by atoms with E-state index in [0.29, 0.717) is 18.8 Å². The average Bonchev–Trinajstić information content (AvgIpc) is 3.24. The number of hydrogen-bond acceptors (Lipinski definition) is 4. The number of aromatic nitrogens is 5. The number of anilines is 1. The molecule has 0 fully saturated rings. The van der Waals surface area contributed by atoms with Gasteiger partial charge in [0.1, 0.15) is 12.4 Å². The third-order valence-electron chi connectivity index (χ3n) is 4.92. The van der Waals surface area contributed by atoms with E-state index in [9.17, 15) is 22.8 Å². The van der Waals surface area contributed by atoms with Gasteiger partial charge in [-0.25, -0.2) is 14.2 Å². The van der Waals surface area contributed by atoms with Crippen LogP contribution in [0.5, 0.6) is 0 Å². The van der Waals surface area contributed by atoms with E-state index in [4.69, 9.17) is 0 Å². The number of nitrogens with zero attached hydrogens (tertiary/aromatic N) is 5. The normalized spacial score (nSPS) is 14.2. The Morgan fingerprint density at radius 3 is 2.77 bits per heavy atom. The second-order valence-corrected chi connectivity index (χ2v) is 7.05. The molecule has 0 saturated heterocycles. The van der Waals surface area contributed by atoms with Gasteiger partial charge in [-0.1, -0.05) is 6.42 Å². The summed E-state index contributed by atoms with van der Waals surface area (Å²) in [5.74, 6) is -0.0281. The van der Waals surface area contributed by atoms with Crippen LogP contribution in [0, 0.1) is 0 Å². The first-order valence-corrected chi connectivity index (χ1v) is 9.50. The summed E-state index contributed by atoms with van der Waals surface area (Å²) in [7, 11) is 0. The van der Waals surface area contributed by atoms with Gasteiger partial charge in [0.2, 0.25) is 5.91 Å². The Bertz CT molecular complexity index is 1110. The molecule has 0 unspecified atom stereocenters. The molecule has 8 nitrogen and oxygen atoms in total. The molecular formula is C19H19F3N6O2. The molecule has 3 heterocycles. The maximum Gasteiger partial charge on any atom is 0.416 e. The molecule has 0 bridgehead atoms. The number of hydrogen-bond donors (Lipinski definition) is 1. The summed E-state index contributed by atoms with van der Waals surface area (Å²) in [6.07, 6.45) is 1.90. The predicted octanol–water partition coefficient (Wildman–Crippen LogP) is 2.61. The lowest BCUT2D eigenvalue weighted by atomic mass is 10.1. The molecule has 11 heteroatoms. The topological polar surface area (TPSA) is 86.7 Å². The fourth-order valence-electron chi connectivity index (χ4n) is 3.48. The molecular weight excluding hydrogens is 401 g/mol. The SMILES string of the molecule is O=C(Cn1nc2n(c1=O)CCCCC2)Nc1cc(C(F)(F)F)ccc1-n1cccn1. The number of carbonyl (C=O) groups excluding carboxylic acids is 1. The molecule has 1 aromatic carbocycles. The number of nitrogens with one attached hydrogen (secondary N) is 1. The smallest absolute Gasteiger partial charge is 0.323 e. The minimum absolute atomic E-state index is 0.0626. The molecule has 1 amide bonds. The number of fused-ring (bicyclic) bond motifs is 1. The van der Waals surface area contributed by atoms with E-state index in [-0.39, 0.29) is 11.4 Å². The highest BCUT2D eigenvalue weighted by molar-refractivity contribution is 5.92. The van der Waals surface area contributed by atoms with Gasteiger partial charge in [0, 0.05) is 25.4 Å². The number of rotatable bonds is 4. The first kappa shape index (κ1) is 19.9. The van der Waals surface area contributed by atoms with Crippen molar-refractivity contribution < 1.29 is 18.0 Å². The maximum atomic E-state index is 13.2. The van der Waals surface area contributed by atoms with Crippen molar-refractivity contribution in [2.45, 2.75) is 44.9 Å². The monoisotopic (exact) mass is 420 g/mol. The van der Waals surface area contributed by atoms with Crippen molar-refractivity contribution in [2.75, 3.05) is 5.32 Å². The van der Waals surface area contributed by atoms with Gasteiger partial charge in [0.15, 0.2) is 0 Å². The number of aryl methyl sites for hydroxylation is 1. The highest BCUT2D eigenvalue weighted by Gasteiger charge is 2.31. The number of amides is 1. The second kappa shape index (κ2) is 7.81. The lowest BCUT2D eigenvalue weighted by molar-refractivity contribution is -0.137. The van der Waals surface area contributed by atoms with Crippen molar-refractivity contribution in [2.24, 2.45) is 0 Å². The zero-order valence-electron chi connectivity index (χ0n) is 15.9. The lowest BCUT2D eigenvalue weighted by Crippen LogP contribution is -2.30. The van der Waals surface area contributed by atoms with Crippen LogP contribution in [0.25, 0.3) is 5.69 Å². The van der Waals surface area contributed by atoms with Crippen LogP contribution in [0.1, 0.15) is 30.7 Å². The zero-order valence-corrected chi connectivity index (χ0v) is 15.9. The summed E-state index contributed by atoms with van der Waals surface area (Å²) in [5, 5.41) is 10.7. The quantitative estimate of drug-likeness (QED) is 0.703. The Morgan fingerprint density at radius 1 is 1.20 bits per heavy atom. The largest absolute Gasteiger partial charge is 0.416 e. The molecule has 2 aromatic heterocycles. The Balaban J connectivity index is 1.61. The third-order valence-corrected chi connectivity index (χ3v) is 4.92. The van der Waals surface area contributed by atoms with Crippen LogP contribution in [-0.4, -0.2) is 30.0 Å². The second-order valence-electron chi connectivity index (χ2n) is 7.05. The Kier molecular flexibility index (Phi) is 5.18. The third kappa shape index (κ3) is 4.00. The van der Waals surface area contributed by atoms with Gasteiger partial charge in [-0.05, 0) is 37.1 Å². The molecule has 3 aromatic rings. The maximum absolute atomic E-state index is 13.2. The van der Waals surface area contributed by atoms with Crippen LogP contribution in [-0.2, 0) is 30.5 Å². The van der Waals surface area contributed by atoms with Crippen LogP contribution >= 0.6 is 0 Å². The van der Waals surface area contributed by atoms with E-state index in [1.165, 1.54) is 16.9 Å². The van der Waals surface area contributed by atoms with Crippen molar-refractivity contribution in [1.82, 2.24) is 24.1 Å². The van der Waals surface area contributed by atoms with Crippen molar-refractivity contribution in [1.29, 1.82) is 0 Å². The van der Waals surface area contributed by atoms with Crippen molar-refractivity contribution >= 4 is 11.6 Å². The highest BCUT2D eigenvalue weighted by atomic mass is 19.4. The molecule has 4 rings (SSSR count). The standard InChI is InChI=1S/C19H19F3N6O2/c20-19(21,22)13-6-7-15(27-10-4-8-23-27)14(11-13)24-17(29)12-28-18(30)26-9-3-1-2-5-16(26)25-28/h4,6-8,10-11H,1-3,5,9,12H2,(H,24,29). The predicted molar refractivity (Wildman–Crippen MR) is 101 cm³/mol. The van der Waals surface area contributed by atoms with E-state index < -0.39 is 29.9 Å². The summed E-state index contributed by atoms with van der Waals surface area (Å²) in [6.45, 7) is 0.153. The van der Waals surface area contributed by atoms with Gasteiger partial charge in [-0.3, -0.25) is 9.36 Å². The Hall–Kier alpha value is -3.37. The minimum atomic E-state index is -4.57. The fourth-order valence-corrected chi connectivity index (χ4v) is 3.48. The van der Waals surface area contributed by atoms with E-state index in [1.54, 1.807) is 16.8 Å². The molecule has 0 spiro atoms. The molecule has 1 aliphatic rings. The Labute approximate surface area is 168 Å². The summed E-state index contributed by atoms with van der Waals surface area (Å²) in [5.41, 5.74) is -1.08. The fraction of sp³-hybridized carbons (Fsp3) is 0.368. The zero-order chi connectivity index (χ0) is 21.3. The van der Waals surface area contributed by atoms with Gasteiger partial charge < -0.3 is 5.32 Å². The van der Waals surface area contributed by atoms with Crippen molar-refractivity contribution in [3.05, 3.63) is 58.5 Å². The van der Waals surface area contributed by atoms with Crippen molar-refractivity contribution in [3.63, 3.8) is 0 Å². The molecule has 0 radical (unpaired) electrons. The van der Waals surface area contributed by atoms with E-state index in [2.05, 4.69) is 15.5 Å². The summed E-state index contributed by atoms with van der Waals surface area (Å²) >= 11 is 0. The van der Waals surface area contributed by atoms with E-state index in [1.807, 2.05) is 0 Å². The van der Waals surface area contributed by atoms with Gasteiger partial charge in [0.25, 0.3) is 0 Å². The average molecular weight is 420 g/mol. The molecule has 30 heavy (non-hydrogen) atoms. The van der Waals surface area contributed by atoms with Crippen LogP contribution < -0.4 is 11.0 Å². The summed E-state index contributed by atoms with van der Waals surface area (Å²) in [6, 6.07) is 4.61. The van der Waals surface area contributed by atoms with Gasteiger partial charge in [-0.15, -0.1) is 0 Å². The number of carbonyl (C=O) groups is 1. The Morgan fingerprint density at radius 2 is 2.03 bits per heavy atom. The number of halogens is 3. The first-order valence-electron chi connectivity index (χ1n) is 9.50. The van der Waals surface area contributed by atoms with E-state index >= 15 is 0 Å². The summed E-state index contributed by atoms with van der Waals surface area (Å²) in [4.78, 5) is 25.1. The van der Waals surface area contributed by atoms with Gasteiger partial charge in [-0.2, -0.15) is 23.4 Å². The van der Waals surface area contributed by atoms with Crippen LogP contribution in [0.2, 0.25) is 0 Å². The molecule has 0 atom stereocenters. The highest BCUT2D eigenvalue weighted by Crippen LogP contribution is 2.33. The molecule has 0 saturated carbocycles. The molecule has 1 N–H and O–H groups in total. The van der Waals surface area contributed by atoms with Crippen LogP contribution in [0.4, 0.5) is 18.9 Å². The molecule has 158 valence electrons. The lowest BCUT2D eigenvalue weighted by Gasteiger charge is -2.14. The van der Waals surface area contributed by atoms with E-state index in [0.717, 1.165) is 36.1 Å². The molecule has 0 aliphatic carbocycles. The van der Waals surface area contributed by atoms with Gasteiger partial charge >= 0.3 is 11.9 Å². The van der Waals surface area contributed by atoms with Gasteiger partial charge in [0.05, 0.1) is 16.9 Å². The number of alkyl halides is 3. The summed E-state index contributed by atoms with van der Waals surface area (Å²) < 4.78 is 43.4. The minimum Gasteiger partial charge on any atom is -0.323 e.